The Morgan fingerprint density at radius 1 is 0.907 bits per heavy atom. The van der Waals surface area contributed by atoms with Gasteiger partial charge in [-0.15, -0.1) is 0 Å². The molecule has 8 heteroatoms. The molecule has 1 saturated heterocycles. The van der Waals surface area contributed by atoms with Crippen LogP contribution < -0.4 is 5.56 Å². The highest BCUT2D eigenvalue weighted by molar-refractivity contribution is 5.87. The molecule has 0 radical (unpaired) electrons. The van der Waals surface area contributed by atoms with Crippen molar-refractivity contribution in [2.75, 3.05) is 20.1 Å². The molecule has 0 aliphatic carbocycles. The molecule has 2 N–H and O–H groups in total. The molecule has 7 rings (SSSR count). The average Bonchev–Trinajstić information content (AvgIpc) is 3.45. The lowest BCUT2D eigenvalue weighted by atomic mass is 9.88. The number of aromatic hydroxyl groups is 1. The second-order valence-electron chi connectivity index (χ2n) is 11.4. The van der Waals surface area contributed by atoms with Crippen molar-refractivity contribution in [1.29, 1.82) is 0 Å². The number of pyridine rings is 1. The van der Waals surface area contributed by atoms with Crippen molar-refractivity contribution in [3.05, 3.63) is 130 Å². The van der Waals surface area contributed by atoms with Crippen molar-refractivity contribution in [3.8, 4) is 16.9 Å². The topological polar surface area (TPSA) is 74.2 Å². The summed E-state index contributed by atoms with van der Waals surface area (Å²) < 4.78 is 31.5. The Kier molecular flexibility index (Phi) is 6.78. The van der Waals surface area contributed by atoms with Gasteiger partial charge in [0.1, 0.15) is 29.3 Å². The minimum absolute atomic E-state index is 0.0845. The summed E-state index contributed by atoms with van der Waals surface area (Å²) in [7, 11) is 2.15. The van der Waals surface area contributed by atoms with Crippen LogP contribution in [0.3, 0.4) is 0 Å². The molecular formula is C35H30F2N4O2. The number of nitrogens with one attached hydrogen (secondary N) is 1. The van der Waals surface area contributed by atoms with Gasteiger partial charge in [0.15, 0.2) is 0 Å². The fourth-order valence-electron chi connectivity index (χ4n) is 6.25. The summed E-state index contributed by atoms with van der Waals surface area (Å²) in [5.74, 6) is -0.649. The van der Waals surface area contributed by atoms with Gasteiger partial charge in [-0.1, -0.05) is 42.5 Å². The van der Waals surface area contributed by atoms with E-state index in [-0.39, 0.29) is 27.9 Å². The summed E-state index contributed by atoms with van der Waals surface area (Å²) in [5.41, 5.74) is 3.96. The summed E-state index contributed by atoms with van der Waals surface area (Å²) in [6.07, 6.45) is 3.37. The highest BCUT2D eigenvalue weighted by Crippen LogP contribution is 2.34. The number of rotatable bonds is 5. The van der Waals surface area contributed by atoms with Crippen LogP contribution in [0.15, 0.2) is 95.9 Å². The zero-order valence-corrected chi connectivity index (χ0v) is 23.6. The third-order valence-corrected chi connectivity index (χ3v) is 8.66. The Morgan fingerprint density at radius 3 is 2.42 bits per heavy atom. The molecule has 1 unspecified atom stereocenters. The third kappa shape index (κ3) is 4.97. The average molecular weight is 577 g/mol. The highest BCUT2D eigenvalue weighted by atomic mass is 19.1. The number of aromatic nitrogens is 3. The van der Waals surface area contributed by atoms with Gasteiger partial charge in [-0.25, -0.2) is 13.8 Å². The van der Waals surface area contributed by atoms with Crippen LogP contribution in [0.2, 0.25) is 0 Å². The van der Waals surface area contributed by atoms with E-state index in [0.717, 1.165) is 55.4 Å². The summed E-state index contributed by atoms with van der Waals surface area (Å²) in [4.78, 5) is 24.1. The number of hydrogen-bond donors (Lipinski definition) is 2. The molecule has 1 aliphatic rings. The highest BCUT2D eigenvalue weighted by Gasteiger charge is 2.27. The molecule has 4 aromatic carbocycles. The Balaban J connectivity index is 1.31. The van der Waals surface area contributed by atoms with E-state index < -0.39 is 23.2 Å². The van der Waals surface area contributed by atoms with Gasteiger partial charge in [0, 0.05) is 17.1 Å². The fraction of sp³-hybridized carbons (Fsp3) is 0.200. The molecule has 0 amide bonds. The molecule has 1 fully saturated rings. The predicted octanol–water partition coefficient (Wildman–Crippen LogP) is 6.98. The second kappa shape index (κ2) is 10.8. The first-order valence-corrected chi connectivity index (χ1v) is 14.4. The molecule has 6 nitrogen and oxygen atoms in total. The van der Waals surface area contributed by atoms with Gasteiger partial charge in [0.2, 0.25) is 0 Å². The van der Waals surface area contributed by atoms with E-state index in [1.165, 1.54) is 16.2 Å². The zero-order valence-electron chi connectivity index (χ0n) is 23.6. The summed E-state index contributed by atoms with van der Waals surface area (Å²) in [6, 6.07) is 23.2. The van der Waals surface area contributed by atoms with Crippen molar-refractivity contribution in [3.63, 3.8) is 0 Å². The number of fused-ring (bicyclic) bond motifs is 2. The van der Waals surface area contributed by atoms with Crippen molar-refractivity contribution < 1.29 is 13.9 Å². The van der Waals surface area contributed by atoms with Gasteiger partial charge >= 0.3 is 0 Å². The van der Waals surface area contributed by atoms with Crippen LogP contribution in [0.1, 0.15) is 41.8 Å². The Bertz CT molecular complexity index is 1990. The molecular weight excluding hydrogens is 546 g/mol. The second-order valence-corrected chi connectivity index (χ2v) is 11.4. The van der Waals surface area contributed by atoms with Crippen LogP contribution in [0, 0.1) is 11.6 Å². The lowest BCUT2D eigenvalue weighted by Crippen LogP contribution is -2.29. The minimum Gasteiger partial charge on any atom is -0.508 e. The lowest BCUT2D eigenvalue weighted by Gasteiger charge is -2.29. The summed E-state index contributed by atoms with van der Waals surface area (Å²) in [5, 5.41) is 11.1. The lowest BCUT2D eigenvalue weighted by molar-refractivity contribution is 0.255. The number of piperidine rings is 1. The van der Waals surface area contributed by atoms with Gasteiger partial charge in [0.25, 0.3) is 5.56 Å². The molecule has 3 heterocycles. The van der Waals surface area contributed by atoms with Crippen LogP contribution in [0.4, 0.5) is 8.78 Å². The van der Waals surface area contributed by atoms with E-state index in [2.05, 4.69) is 46.2 Å². The number of hydrogen-bond acceptors (Lipinski definition) is 4. The number of H-pyrrole nitrogens is 1. The Labute approximate surface area is 246 Å². The summed E-state index contributed by atoms with van der Waals surface area (Å²) in [6.45, 7) is 2.17. The molecule has 1 aliphatic heterocycles. The molecule has 1 atom stereocenters. The maximum absolute atomic E-state index is 15.9. The van der Waals surface area contributed by atoms with Crippen LogP contribution in [-0.2, 0) is 0 Å². The van der Waals surface area contributed by atoms with Gasteiger partial charge in [-0.2, -0.15) is 0 Å². The van der Waals surface area contributed by atoms with Crippen molar-refractivity contribution in [2.24, 2.45) is 0 Å². The standard InChI is InChI=1S/C35H30F2N4O2/c1-40-16-14-23(15-17-40)21-6-8-22(9-7-21)24-10-12-26-27(18-24)29(37)20-41(35(26)43)33(28-19-25(36)11-13-32(28)42)34-38-30-4-2-3-5-31(30)39-34/h2-13,18-20,23,33,42H,14-17H2,1H3,(H,38,39). The largest absolute Gasteiger partial charge is 0.508 e. The number of halogens is 2. The van der Waals surface area contributed by atoms with Crippen LogP contribution in [0.25, 0.3) is 32.9 Å². The number of aromatic amines is 1. The minimum atomic E-state index is -1.11. The van der Waals surface area contributed by atoms with E-state index in [1.807, 2.05) is 24.3 Å². The van der Waals surface area contributed by atoms with Crippen molar-refractivity contribution in [2.45, 2.75) is 24.8 Å². The zero-order chi connectivity index (χ0) is 29.7. The van der Waals surface area contributed by atoms with E-state index in [0.29, 0.717) is 17.0 Å². The number of benzene rings is 4. The number of nitrogens with zero attached hydrogens (tertiary/aromatic N) is 3. The maximum atomic E-state index is 15.9. The van der Waals surface area contributed by atoms with Crippen LogP contribution in [-0.4, -0.2) is 44.7 Å². The monoisotopic (exact) mass is 576 g/mol. The normalized spacial score (nSPS) is 15.3. The van der Waals surface area contributed by atoms with E-state index in [9.17, 15) is 14.3 Å². The van der Waals surface area contributed by atoms with E-state index in [1.54, 1.807) is 18.2 Å². The number of phenolic OH excluding ortho intramolecular Hbond substituents is 1. The Morgan fingerprint density at radius 2 is 1.65 bits per heavy atom. The molecule has 0 bridgehead atoms. The van der Waals surface area contributed by atoms with Crippen molar-refractivity contribution >= 4 is 21.8 Å². The predicted molar refractivity (Wildman–Crippen MR) is 164 cm³/mol. The molecule has 43 heavy (non-hydrogen) atoms. The fourth-order valence-corrected chi connectivity index (χ4v) is 6.25. The van der Waals surface area contributed by atoms with Gasteiger partial charge in [-0.3, -0.25) is 9.36 Å². The molecule has 216 valence electrons. The van der Waals surface area contributed by atoms with Crippen molar-refractivity contribution in [1.82, 2.24) is 19.4 Å². The number of likely N-dealkylation sites (tertiary alicyclic amines) is 1. The Hall–Kier alpha value is -4.82. The quantitative estimate of drug-likeness (QED) is 0.232. The first kappa shape index (κ1) is 27.0. The van der Waals surface area contributed by atoms with Gasteiger partial charge in [0.05, 0.1) is 16.4 Å². The van der Waals surface area contributed by atoms with E-state index >= 15 is 4.39 Å². The molecule has 6 aromatic rings. The first-order valence-electron chi connectivity index (χ1n) is 14.4. The first-order chi connectivity index (χ1) is 20.9. The van der Waals surface area contributed by atoms with Gasteiger partial charge < -0.3 is 15.0 Å². The van der Waals surface area contributed by atoms with E-state index in [4.69, 9.17) is 0 Å². The number of imidazole rings is 1. The smallest absolute Gasteiger partial charge is 0.259 e. The maximum Gasteiger partial charge on any atom is 0.259 e. The summed E-state index contributed by atoms with van der Waals surface area (Å²) >= 11 is 0. The van der Waals surface area contributed by atoms with Gasteiger partial charge in [-0.05, 0) is 98.1 Å². The molecule has 0 saturated carbocycles. The molecule has 2 aromatic heterocycles. The van der Waals surface area contributed by atoms with Crippen LogP contribution >= 0.6 is 0 Å². The number of para-hydroxylation sites is 2. The number of phenols is 1. The third-order valence-electron chi connectivity index (χ3n) is 8.66. The van der Waals surface area contributed by atoms with Crippen LogP contribution in [0.5, 0.6) is 5.75 Å². The molecule has 0 spiro atoms. The SMILES string of the molecule is CN1CCC(c2ccc(-c3ccc4c(=O)n(C(c5nc6ccccc6[nH]5)c5cc(F)ccc5O)cc(F)c4c3)cc2)CC1.